The van der Waals surface area contributed by atoms with Gasteiger partial charge in [-0.3, -0.25) is 4.90 Å². The Hall–Kier alpha value is 0.170. The topological polar surface area (TPSA) is 24.5 Å². The van der Waals surface area contributed by atoms with Crippen molar-refractivity contribution in [2.75, 3.05) is 45.9 Å². The van der Waals surface area contributed by atoms with Gasteiger partial charge in [0.05, 0.1) is 13.2 Å². The smallest absolute Gasteiger partial charge is 0.0594 e. The van der Waals surface area contributed by atoms with Crippen LogP contribution < -0.4 is 5.32 Å². The molecule has 3 nitrogen and oxygen atoms in total. The molecule has 0 bridgehead atoms. The van der Waals surface area contributed by atoms with E-state index in [1.807, 2.05) is 0 Å². The molecule has 2 saturated heterocycles. The van der Waals surface area contributed by atoms with Crippen LogP contribution in [0.2, 0.25) is 0 Å². The average molecular weight is 221 g/mol. The highest BCUT2D eigenvalue weighted by molar-refractivity contribution is 5.85. The Morgan fingerprint density at radius 3 is 2.43 bits per heavy atom. The van der Waals surface area contributed by atoms with E-state index >= 15 is 0 Å². The number of rotatable bonds is 2. The van der Waals surface area contributed by atoms with Crippen LogP contribution in [0, 0.1) is 5.92 Å². The van der Waals surface area contributed by atoms with E-state index in [-0.39, 0.29) is 12.4 Å². The summed E-state index contributed by atoms with van der Waals surface area (Å²) in [7, 11) is 0. The van der Waals surface area contributed by atoms with Gasteiger partial charge in [0.25, 0.3) is 0 Å². The third-order valence-electron chi connectivity index (χ3n) is 3.08. The van der Waals surface area contributed by atoms with Crippen LogP contribution in [0.15, 0.2) is 0 Å². The molecule has 2 aliphatic rings. The molecule has 0 saturated carbocycles. The van der Waals surface area contributed by atoms with E-state index in [2.05, 4.69) is 10.2 Å². The lowest BCUT2D eigenvalue weighted by molar-refractivity contribution is 0.0284. The first-order valence-electron chi connectivity index (χ1n) is 5.46. The quantitative estimate of drug-likeness (QED) is 0.743. The van der Waals surface area contributed by atoms with Gasteiger partial charge in [0.2, 0.25) is 0 Å². The molecule has 0 radical (unpaired) electrons. The van der Waals surface area contributed by atoms with Crippen LogP contribution in [0.4, 0.5) is 0 Å². The second kappa shape index (κ2) is 6.62. The van der Waals surface area contributed by atoms with Crippen molar-refractivity contribution in [2.24, 2.45) is 5.92 Å². The largest absolute Gasteiger partial charge is 0.379 e. The normalized spacial score (nSPS) is 25.7. The predicted molar refractivity (Wildman–Crippen MR) is 60.1 cm³/mol. The highest BCUT2D eigenvalue weighted by atomic mass is 35.5. The Labute approximate surface area is 92.6 Å². The number of nitrogens with zero attached hydrogens (tertiary/aromatic N) is 1. The first-order chi connectivity index (χ1) is 6.45. The molecule has 0 amide bonds. The fraction of sp³-hybridized carbons (Fsp3) is 1.00. The number of halogens is 1. The summed E-state index contributed by atoms with van der Waals surface area (Å²) in [4.78, 5) is 2.56. The van der Waals surface area contributed by atoms with Crippen molar-refractivity contribution in [3.05, 3.63) is 0 Å². The lowest BCUT2D eigenvalue weighted by Crippen LogP contribution is -2.41. The second-order valence-corrected chi connectivity index (χ2v) is 4.11. The Bertz CT molecular complexity index is 129. The van der Waals surface area contributed by atoms with Gasteiger partial charge < -0.3 is 10.1 Å². The van der Waals surface area contributed by atoms with E-state index in [9.17, 15) is 0 Å². The minimum atomic E-state index is 0. The fourth-order valence-electron chi connectivity index (χ4n) is 2.21. The van der Waals surface area contributed by atoms with Crippen LogP contribution in [0.3, 0.4) is 0 Å². The molecule has 0 spiro atoms. The van der Waals surface area contributed by atoms with Gasteiger partial charge in [-0.15, -0.1) is 12.4 Å². The van der Waals surface area contributed by atoms with E-state index in [1.54, 1.807) is 0 Å². The van der Waals surface area contributed by atoms with Crippen molar-refractivity contribution in [1.29, 1.82) is 0 Å². The van der Waals surface area contributed by atoms with Gasteiger partial charge >= 0.3 is 0 Å². The minimum absolute atomic E-state index is 0. The summed E-state index contributed by atoms with van der Waals surface area (Å²) in [6, 6.07) is 0. The van der Waals surface area contributed by atoms with E-state index < -0.39 is 0 Å². The minimum Gasteiger partial charge on any atom is -0.379 e. The maximum absolute atomic E-state index is 5.33. The lowest BCUT2D eigenvalue weighted by atomic mass is 9.97. The van der Waals surface area contributed by atoms with Crippen LogP contribution in [0.25, 0.3) is 0 Å². The summed E-state index contributed by atoms with van der Waals surface area (Å²) in [5.41, 5.74) is 0. The van der Waals surface area contributed by atoms with Gasteiger partial charge in [0.1, 0.15) is 0 Å². The summed E-state index contributed by atoms with van der Waals surface area (Å²) in [6.45, 7) is 7.89. The predicted octanol–water partition coefficient (Wildman–Crippen LogP) is 0.740. The van der Waals surface area contributed by atoms with Gasteiger partial charge in [-0.2, -0.15) is 0 Å². The van der Waals surface area contributed by atoms with Gasteiger partial charge in [-0.25, -0.2) is 0 Å². The SMILES string of the molecule is C1CC(CN2CCOCC2)CCN1.Cl. The molecule has 2 heterocycles. The van der Waals surface area contributed by atoms with Crippen molar-refractivity contribution in [2.45, 2.75) is 12.8 Å². The van der Waals surface area contributed by atoms with Gasteiger partial charge in [-0.1, -0.05) is 0 Å². The van der Waals surface area contributed by atoms with E-state index in [0.29, 0.717) is 0 Å². The van der Waals surface area contributed by atoms with Crippen LogP contribution in [0.5, 0.6) is 0 Å². The molecule has 4 heteroatoms. The van der Waals surface area contributed by atoms with Crippen molar-refractivity contribution < 1.29 is 4.74 Å². The van der Waals surface area contributed by atoms with E-state index in [4.69, 9.17) is 4.74 Å². The molecule has 14 heavy (non-hydrogen) atoms. The highest BCUT2D eigenvalue weighted by Gasteiger charge is 2.18. The molecule has 1 N–H and O–H groups in total. The number of ether oxygens (including phenoxy) is 1. The Balaban J connectivity index is 0.000000980. The number of morpholine rings is 1. The molecule has 84 valence electrons. The Morgan fingerprint density at radius 1 is 1.14 bits per heavy atom. The van der Waals surface area contributed by atoms with Crippen LogP contribution in [-0.4, -0.2) is 50.8 Å². The molecule has 0 aromatic carbocycles. The van der Waals surface area contributed by atoms with Crippen molar-refractivity contribution in [3.8, 4) is 0 Å². The summed E-state index contributed by atoms with van der Waals surface area (Å²) < 4.78 is 5.33. The zero-order chi connectivity index (χ0) is 8.93. The van der Waals surface area contributed by atoms with Crippen molar-refractivity contribution >= 4 is 12.4 Å². The highest BCUT2D eigenvalue weighted by Crippen LogP contribution is 2.13. The fourth-order valence-corrected chi connectivity index (χ4v) is 2.21. The third kappa shape index (κ3) is 3.73. The molecule has 0 atom stereocenters. The number of nitrogens with one attached hydrogen (secondary N) is 1. The molecule has 0 aromatic rings. The molecule has 0 aromatic heterocycles. The second-order valence-electron chi connectivity index (χ2n) is 4.11. The van der Waals surface area contributed by atoms with E-state index in [0.717, 1.165) is 32.2 Å². The Kier molecular flexibility index (Phi) is 5.78. The van der Waals surface area contributed by atoms with Crippen LogP contribution in [0.1, 0.15) is 12.8 Å². The molecule has 0 unspecified atom stereocenters. The summed E-state index contributed by atoms with van der Waals surface area (Å²) in [5.74, 6) is 0.930. The Morgan fingerprint density at radius 2 is 1.79 bits per heavy atom. The number of piperidine rings is 1. The van der Waals surface area contributed by atoms with Crippen LogP contribution in [-0.2, 0) is 4.74 Å². The molecule has 2 rings (SSSR count). The van der Waals surface area contributed by atoms with Crippen molar-refractivity contribution in [3.63, 3.8) is 0 Å². The van der Waals surface area contributed by atoms with Gasteiger partial charge in [0.15, 0.2) is 0 Å². The standard InChI is InChI=1S/C10H20N2O.ClH/c1-3-11-4-2-10(1)9-12-5-7-13-8-6-12;/h10-11H,1-9H2;1H. The molecular formula is C10H21ClN2O. The zero-order valence-corrected chi connectivity index (χ0v) is 9.52. The summed E-state index contributed by atoms with van der Waals surface area (Å²) in [5, 5.41) is 3.41. The summed E-state index contributed by atoms with van der Waals surface area (Å²) >= 11 is 0. The summed E-state index contributed by atoms with van der Waals surface area (Å²) in [6.07, 6.45) is 2.72. The maximum atomic E-state index is 5.33. The first-order valence-corrected chi connectivity index (χ1v) is 5.46. The maximum Gasteiger partial charge on any atom is 0.0594 e. The monoisotopic (exact) mass is 220 g/mol. The zero-order valence-electron chi connectivity index (χ0n) is 8.71. The van der Waals surface area contributed by atoms with E-state index in [1.165, 1.54) is 32.5 Å². The number of hydrogen-bond donors (Lipinski definition) is 1. The number of hydrogen-bond acceptors (Lipinski definition) is 3. The van der Waals surface area contributed by atoms with Crippen molar-refractivity contribution in [1.82, 2.24) is 10.2 Å². The molecule has 2 fully saturated rings. The average Bonchev–Trinajstić information content (AvgIpc) is 2.21. The van der Waals surface area contributed by atoms with Gasteiger partial charge in [-0.05, 0) is 31.8 Å². The third-order valence-corrected chi connectivity index (χ3v) is 3.08. The van der Waals surface area contributed by atoms with Gasteiger partial charge in [0, 0.05) is 19.6 Å². The molecule has 2 aliphatic heterocycles. The lowest BCUT2D eigenvalue weighted by Gasteiger charge is -2.32. The first kappa shape index (κ1) is 12.2. The molecule has 0 aliphatic carbocycles. The molecular weight excluding hydrogens is 200 g/mol. The van der Waals surface area contributed by atoms with Crippen LogP contribution >= 0.6 is 12.4 Å².